The normalized spacial score (nSPS) is 24.8. The van der Waals surface area contributed by atoms with Gasteiger partial charge in [0.25, 0.3) is 5.91 Å². The number of amides is 1. The third-order valence-electron chi connectivity index (χ3n) is 3.25. The molecule has 0 aliphatic carbocycles. The summed E-state index contributed by atoms with van der Waals surface area (Å²) in [6.45, 7) is 5.91. The molecule has 1 aliphatic heterocycles. The van der Waals surface area contributed by atoms with Gasteiger partial charge in [-0.15, -0.1) is 0 Å². The molecule has 2 rings (SSSR count). The Hall–Kier alpha value is -1.42. The van der Waals surface area contributed by atoms with Crippen LogP contribution in [0.1, 0.15) is 24.2 Å². The summed E-state index contributed by atoms with van der Waals surface area (Å²) in [4.78, 5) is 14.4. The zero-order valence-electron chi connectivity index (χ0n) is 10.7. The number of hydrogen-bond donors (Lipinski definition) is 1. The standard InChI is InChI=1S/C13H20N3O/c1-10-7-14-8-11(2)16(10)13(17)12-5-4-6-15(3)9-12/h4-6,9-11,14H,7-8H2,1-3H3/q+1/t10-,11+. The molecule has 1 aliphatic rings. The van der Waals surface area contributed by atoms with Gasteiger partial charge in [0.2, 0.25) is 0 Å². The number of rotatable bonds is 1. The van der Waals surface area contributed by atoms with E-state index < -0.39 is 0 Å². The lowest BCUT2D eigenvalue weighted by atomic mass is 10.1. The van der Waals surface area contributed by atoms with Crippen molar-refractivity contribution in [3.63, 3.8) is 0 Å². The first-order valence-electron chi connectivity index (χ1n) is 6.08. The third-order valence-corrected chi connectivity index (χ3v) is 3.25. The number of hydrogen-bond acceptors (Lipinski definition) is 2. The minimum absolute atomic E-state index is 0.128. The molecule has 1 amide bonds. The second-order valence-corrected chi connectivity index (χ2v) is 4.83. The van der Waals surface area contributed by atoms with Crippen LogP contribution in [0.15, 0.2) is 24.5 Å². The average molecular weight is 234 g/mol. The number of carbonyl (C=O) groups excluding carboxylic acids is 1. The molecule has 2 heterocycles. The van der Waals surface area contributed by atoms with Crippen molar-refractivity contribution in [1.29, 1.82) is 0 Å². The molecule has 1 aromatic heterocycles. The maximum atomic E-state index is 12.5. The fourth-order valence-electron chi connectivity index (χ4n) is 2.40. The number of nitrogens with one attached hydrogen (secondary N) is 1. The molecule has 4 heteroatoms. The number of carbonyl (C=O) groups is 1. The highest BCUT2D eigenvalue weighted by molar-refractivity contribution is 5.94. The first-order chi connectivity index (χ1) is 8.09. The summed E-state index contributed by atoms with van der Waals surface area (Å²) < 4.78 is 1.91. The van der Waals surface area contributed by atoms with Gasteiger partial charge in [0, 0.05) is 31.2 Å². The molecule has 4 nitrogen and oxygen atoms in total. The first-order valence-corrected chi connectivity index (χ1v) is 6.08. The van der Waals surface area contributed by atoms with Crippen LogP contribution in [0.5, 0.6) is 0 Å². The number of pyridine rings is 1. The van der Waals surface area contributed by atoms with Crippen LogP contribution in [0.2, 0.25) is 0 Å². The summed E-state index contributed by atoms with van der Waals surface area (Å²) in [6, 6.07) is 4.28. The van der Waals surface area contributed by atoms with Crippen LogP contribution < -0.4 is 9.88 Å². The second kappa shape index (κ2) is 4.84. The van der Waals surface area contributed by atoms with Crippen molar-refractivity contribution in [1.82, 2.24) is 10.2 Å². The molecule has 17 heavy (non-hydrogen) atoms. The average Bonchev–Trinajstić information content (AvgIpc) is 2.28. The van der Waals surface area contributed by atoms with E-state index in [0.717, 1.165) is 18.7 Å². The predicted molar refractivity (Wildman–Crippen MR) is 65.6 cm³/mol. The molecule has 1 aromatic rings. The molecular formula is C13H20N3O+. The summed E-state index contributed by atoms with van der Waals surface area (Å²) in [5, 5.41) is 3.33. The van der Waals surface area contributed by atoms with Gasteiger partial charge >= 0.3 is 0 Å². The van der Waals surface area contributed by atoms with Crippen LogP contribution in [0.25, 0.3) is 0 Å². The van der Waals surface area contributed by atoms with Crippen LogP contribution >= 0.6 is 0 Å². The lowest BCUT2D eigenvalue weighted by Crippen LogP contribution is -2.57. The maximum absolute atomic E-state index is 12.5. The Labute approximate surface area is 102 Å². The van der Waals surface area contributed by atoms with Gasteiger partial charge in [0.05, 0.1) is 0 Å². The van der Waals surface area contributed by atoms with Crippen LogP contribution in [-0.2, 0) is 7.05 Å². The fourth-order valence-corrected chi connectivity index (χ4v) is 2.40. The first kappa shape index (κ1) is 12.0. The van der Waals surface area contributed by atoms with Crippen molar-refractivity contribution in [3.05, 3.63) is 30.1 Å². The zero-order valence-corrected chi connectivity index (χ0v) is 10.7. The van der Waals surface area contributed by atoms with Crippen molar-refractivity contribution in [2.75, 3.05) is 13.1 Å². The zero-order chi connectivity index (χ0) is 12.4. The smallest absolute Gasteiger partial charge is 0.260 e. The van der Waals surface area contributed by atoms with Crippen molar-refractivity contribution in [2.24, 2.45) is 7.05 Å². The van der Waals surface area contributed by atoms with E-state index in [1.807, 2.05) is 41.0 Å². The summed E-state index contributed by atoms with van der Waals surface area (Å²) in [5.41, 5.74) is 0.760. The van der Waals surface area contributed by atoms with Gasteiger partial charge in [0.1, 0.15) is 12.6 Å². The highest BCUT2D eigenvalue weighted by atomic mass is 16.2. The van der Waals surface area contributed by atoms with E-state index in [1.165, 1.54) is 0 Å². The molecule has 1 fully saturated rings. The molecule has 92 valence electrons. The quantitative estimate of drug-likeness (QED) is 0.711. The topological polar surface area (TPSA) is 36.2 Å². The molecule has 2 atom stereocenters. The van der Waals surface area contributed by atoms with Gasteiger partial charge in [-0.1, -0.05) is 0 Å². The number of aromatic nitrogens is 1. The second-order valence-electron chi connectivity index (χ2n) is 4.83. The Morgan fingerprint density at radius 1 is 1.41 bits per heavy atom. The van der Waals surface area contributed by atoms with E-state index in [-0.39, 0.29) is 18.0 Å². The van der Waals surface area contributed by atoms with E-state index in [9.17, 15) is 4.79 Å². The molecule has 0 bridgehead atoms. The summed E-state index contributed by atoms with van der Waals surface area (Å²) in [7, 11) is 1.93. The molecule has 0 spiro atoms. The Morgan fingerprint density at radius 2 is 2.06 bits per heavy atom. The highest BCUT2D eigenvalue weighted by Gasteiger charge is 2.30. The summed E-state index contributed by atoms with van der Waals surface area (Å²) in [5.74, 6) is 0.128. The number of nitrogens with zero attached hydrogens (tertiary/aromatic N) is 2. The lowest BCUT2D eigenvalue weighted by molar-refractivity contribution is -0.671. The van der Waals surface area contributed by atoms with Crippen LogP contribution in [0.4, 0.5) is 0 Å². The summed E-state index contributed by atoms with van der Waals surface area (Å²) >= 11 is 0. The maximum Gasteiger partial charge on any atom is 0.260 e. The third kappa shape index (κ3) is 2.47. The molecule has 0 radical (unpaired) electrons. The van der Waals surface area contributed by atoms with Crippen molar-refractivity contribution in [3.8, 4) is 0 Å². The van der Waals surface area contributed by atoms with Crippen LogP contribution in [0, 0.1) is 0 Å². The fraction of sp³-hybridized carbons (Fsp3) is 0.538. The number of aryl methyl sites for hydroxylation is 1. The van der Waals surface area contributed by atoms with Crippen molar-refractivity contribution >= 4 is 5.91 Å². The number of piperazine rings is 1. The minimum atomic E-state index is 0.128. The van der Waals surface area contributed by atoms with Gasteiger partial charge in [-0.25, -0.2) is 4.57 Å². The van der Waals surface area contributed by atoms with Gasteiger partial charge < -0.3 is 10.2 Å². The monoisotopic (exact) mass is 234 g/mol. The molecule has 1 N–H and O–H groups in total. The molecule has 0 aromatic carbocycles. The minimum Gasteiger partial charge on any atom is -0.330 e. The largest absolute Gasteiger partial charge is 0.330 e. The van der Waals surface area contributed by atoms with Crippen LogP contribution in [0.3, 0.4) is 0 Å². The van der Waals surface area contributed by atoms with E-state index in [2.05, 4.69) is 19.2 Å². The van der Waals surface area contributed by atoms with E-state index in [0.29, 0.717) is 0 Å². The van der Waals surface area contributed by atoms with Gasteiger partial charge in [-0.3, -0.25) is 4.79 Å². The Balaban J connectivity index is 2.24. The van der Waals surface area contributed by atoms with Gasteiger partial charge in [-0.05, 0) is 19.9 Å². The van der Waals surface area contributed by atoms with Crippen molar-refractivity contribution < 1.29 is 9.36 Å². The van der Waals surface area contributed by atoms with Crippen LogP contribution in [-0.4, -0.2) is 36.0 Å². The van der Waals surface area contributed by atoms with E-state index in [4.69, 9.17) is 0 Å². The van der Waals surface area contributed by atoms with E-state index >= 15 is 0 Å². The van der Waals surface area contributed by atoms with E-state index in [1.54, 1.807) is 0 Å². The van der Waals surface area contributed by atoms with Crippen molar-refractivity contribution in [2.45, 2.75) is 25.9 Å². The Bertz CT molecular complexity index is 409. The van der Waals surface area contributed by atoms with Gasteiger partial charge in [0.15, 0.2) is 12.4 Å². The Morgan fingerprint density at radius 3 is 2.65 bits per heavy atom. The molecule has 0 saturated carbocycles. The predicted octanol–water partition coefficient (Wildman–Crippen LogP) is 0.333. The summed E-state index contributed by atoms with van der Waals surface area (Å²) in [6.07, 6.45) is 3.81. The van der Waals surface area contributed by atoms with Gasteiger partial charge in [-0.2, -0.15) is 0 Å². The highest BCUT2D eigenvalue weighted by Crippen LogP contribution is 2.13. The Kier molecular flexibility index (Phi) is 3.43. The molecule has 0 unspecified atom stereocenters. The molecular weight excluding hydrogens is 214 g/mol. The lowest BCUT2D eigenvalue weighted by Gasteiger charge is -2.39. The SMILES string of the molecule is C[C@@H]1CNC[C@H](C)N1C(=O)c1ccc[n+](C)c1. The molecule has 1 saturated heterocycles.